The van der Waals surface area contributed by atoms with E-state index in [2.05, 4.69) is 22.8 Å². The first-order valence-corrected chi connectivity index (χ1v) is 11.6. The first-order chi connectivity index (χ1) is 16.9. The van der Waals surface area contributed by atoms with Crippen LogP contribution in [0.25, 0.3) is 11.1 Å². The van der Waals surface area contributed by atoms with E-state index < -0.39 is 29.4 Å². The number of benzene rings is 2. The lowest BCUT2D eigenvalue weighted by Gasteiger charge is -2.33. The molecule has 0 bridgehead atoms. The number of methoxy groups -OCH3 is 1. The molecule has 0 radical (unpaired) electrons. The standard InChI is InChI=1S/C26H30N2O7/c1-33-15-22(23(29)27-16-26(24(30)31)10-12-34-13-11-26)28-25(32)35-14-21-19-8-4-2-6-17(19)18-7-3-5-9-20(18)21/h2-9,21-22H,10-16H2,1H3,(H,27,29)(H,28,32)(H,30,31). The fourth-order valence-corrected chi connectivity index (χ4v) is 4.74. The molecule has 2 aliphatic rings. The molecule has 0 spiro atoms. The highest BCUT2D eigenvalue weighted by Crippen LogP contribution is 2.44. The molecule has 0 saturated carbocycles. The van der Waals surface area contributed by atoms with E-state index in [9.17, 15) is 19.5 Å². The van der Waals surface area contributed by atoms with Gasteiger partial charge >= 0.3 is 12.1 Å². The Bertz CT molecular complexity index is 1040. The van der Waals surface area contributed by atoms with E-state index in [0.29, 0.717) is 26.1 Å². The molecule has 1 aliphatic heterocycles. The summed E-state index contributed by atoms with van der Waals surface area (Å²) in [6, 6.07) is 15.0. The molecule has 35 heavy (non-hydrogen) atoms. The van der Waals surface area contributed by atoms with Gasteiger partial charge in [-0.3, -0.25) is 9.59 Å². The molecule has 2 aromatic rings. The number of carboxylic acids is 1. The number of carbonyl (C=O) groups excluding carboxylic acids is 2. The average molecular weight is 483 g/mol. The molecule has 4 rings (SSSR count). The predicted octanol–water partition coefficient (Wildman–Crippen LogP) is 2.54. The topological polar surface area (TPSA) is 123 Å². The van der Waals surface area contributed by atoms with Gasteiger partial charge in [0.05, 0.1) is 12.0 Å². The zero-order chi connectivity index (χ0) is 24.8. The van der Waals surface area contributed by atoms with Gasteiger partial charge in [-0.15, -0.1) is 0 Å². The highest BCUT2D eigenvalue weighted by Gasteiger charge is 2.41. The third-order valence-corrected chi connectivity index (χ3v) is 6.79. The molecule has 3 N–H and O–H groups in total. The minimum absolute atomic E-state index is 0.0584. The van der Waals surface area contributed by atoms with Crippen molar-refractivity contribution in [2.75, 3.05) is 40.1 Å². The Hall–Kier alpha value is -3.43. The van der Waals surface area contributed by atoms with E-state index in [1.165, 1.54) is 7.11 Å². The summed E-state index contributed by atoms with van der Waals surface area (Å²) >= 11 is 0. The fraction of sp³-hybridized carbons (Fsp3) is 0.423. The van der Waals surface area contributed by atoms with E-state index in [-0.39, 0.29) is 25.7 Å². The summed E-state index contributed by atoms with van der Waals surface area (Å²) in [4.78, 5) is 37.2. The van der Waals surface area contributed by atoms with Crippen LogP contribution in [0.1, 0.15) is 29.9 Å². The molecule has 1 unspecified atom stereocenters. The molecule has 9 nitrogen and oxygen atoms in total. The molecule has 1 heterocycles. The van der Waals surface area contributed by atoms with Crippen LogP contribution in [-0.2, 0) is 23.8 Å². The van der Waals surface area contributed by atoms with Crippen LogP contribution in [0.4, 0.5) is 4.79 Å². The van der Waals surface area contributed by atoms with E-state index in [1.54, 1.807) is 0 Å². The summed E-state index contributed by atoms with van der Waals surface area (Å²) in [5.74, 6) is -1.62. The Morgan fingerprint density at radius 1 is 1.06 bits per heavy atom. The molecule has 1 atom stereocenters. The second-order valence-corrected chi connectivity index (χ2v) is 8.89. The van der Waals surface area contributed by atoms with E-state index in [0.717, 1.165) is 22.3 Å². The van der Waals surface area contributed by atoms with Gasteiger partial charge in [0.2, 0.25) is 5.91 Å². The molecule has 1 fully saturated rings. The van der Waals surface area contributed by atoms with Gasteiger partial charge in [-0.05, 0) is 35.1 Å². The number of alkyl carbamates (subject to hydrolysis) is 1. The first kappa shape index (κ1) is 24.7. The van der Waals surface area contributed by atoms with Gasteiger partial charge in [0.15, 0.2) is 0 Å². The van der Waals surface area contributed by atoms with Crippen LogP contribution in [0, 0.1) is 5.41 Å². The highest BCUT2D eigenvalue weighted by molar-refractivity contribution is 5.86. The second kappa shape index (κ2) is 10.9. The third-order valence-electron chi connectivity index (χ3n) is 6.79. The fourth-order valence-electron chi connectivity index (χ4n) is 4.74. The van der Waals surface area contributed by atoms with Gasteiger partial charge in [0.1, 0.15) is 12.6 Å². The molecule has 2 amide bonds. The average Bonchev–Trinajstić information content (AvgIpc) is 3.20. The van der Waals surface area contributed by atoms with Gasteiger partial charge < -0.3 is 30.0 Å². The van der Waals surface area contributed by atoms with Crippen molar-refractivity contribution < 1.29 is 33.7 Å². The molecule has 2 aromatic carbocycles. The molecular weight excluding hydrogens is 452 g/mol. The van der Waals surface area contributed by atoms with Gasteiger partial charge in [-0.1, -0.05) is 48.5 Å². The highest BCUT2D eigenvalue weighted by atomic mass is 16.5. The number of ether oxygens (including phenoxy) is 3. The van der Waals surface area contributed by atoms with Crippen LogP contribution in [0.2, 0.25) is 0 Å². The summed E-state index contributed by atoms with van der Waals surface area (Å²) in [5, 5.41) is 14.9. The van der Waals surface area contributed by atoms with Crippen molar-refractivity contribution in [1.82, 2.24) is 10.6 Å². The van der Waals surface area contributed by atoms with Gasteiger partial charge in [-0.25, -0.2) is 4.79 Å². The number of amides is 2. The Labute approximate surface area is 203 Å². The number of nitrogens with one attached hydrogen (secondary N) is 2. The third kappa shape index (κ3) is 5.31. The van der Waals surface area contributed by atoms with Crippen LogP contribution in [0.3, 0.4) is 0 Å². The monoisotopic (exact) mass is 482 g/mol. The van der Waals surface area contributed by atoms with Crippen molar-refractivity contribution in [2.24, 2.45) is 5.41 Å². The number of fused-ring (bicyclic) bond motifs is 3. The Morgan fingerprint density at radius 3 is 2.23 bits per heavy atom. The summed E-state index contributed by atoms with van der Waals surface area (Å²) < 4.78 is 15.9. The molecular formula is C26H30N2O7. The van der Waals surface area contributed by atoms with Crippen molar-refractivity contribution in [1.29, 1.82) is 0 Å². The van der Waals surface area contributed by atoms with Crippen molar-refractivity contribution >= 4 is 18.0 Å². The molecule has 9 heteroatoms. The van der Waals surface area contributed by atoms with Crippen molar-refractivity contribution in [3.63, 3.8) is 0 Å². The van der Waals surface area contributed by atoms with E-state index >= 15 is 0 Å². The number of carbonyl (C=O) groups is 3. The van der Waals surface area contributed by atoms with Gasteiger partial charge in [-0.2, -0.15) is 0 Å². The minimum atomic E-state index is -1.09. The largest absolute Gasteiger partial charge is 0.481 e. The molecule has 186 valence electrons. The first-order valence-electron chi connectivity index (χ1n) is 11.6. The zero-order valence-corrected chi connectivity index (χ0v) is 19.6. The number of carboxylic acid groups (broad SMARTS) is 1. The van der Waals surface area contributed by atoms with Gasteiger partial charge in [0.25, 0.3) is 0 Å². The second-order valence-electron chi connectivity index (χ2n) is 8.89. The number of aliphatic carboxylic acids is 1. The normalized spacial score (nSPS) is 17.1. The molecule has 0 aromatic heterocycles. The maximum Gasteiger partial charge on any atom is 0.407 e. The summed E-state index contributed by atoms with van der Waals surface area (Å²) in [6.07, 6.45) is -0.141. The number of hydrogen-bond acceptors (Lipinski definition) is 6. The summed E-state index contributed by atoms with van der Waals surface area (Å²) in [5.41, 5.74) is 3.32. The smallest absolute Gasteiger partial charge is 0.407 e. The number of hydrogen-bond donors (Lipinski definition) is 3. The van der Waals surface area contributed by atoms with Gasteiger partial charge in [0, 0.05) is 32.8 Å². The summed E-state index contributed by atoms with van der Waals surface area (Å²) in [6.45, 7) is 0.614. The van der Waals surface area contributed by atoms with Crippen LogP contribution in [0.15, 0.2) is 48.5 Å². The number of rotatable bonds is 9. The van der Waals surface area contributed by atoms with Crippen LogP contribution >= 0.6 is 0 Å². The molecule has 1 aliphatic carbocycles. The van der Waals surface area contributed by atoms with Crippen molar-refractivity contribution in [3.05, 3.63) is 59.7 Å². The molecule has 1 saturated heterocycles. The van der Waals surface area contributed by atoms with E-state index in [4.69, 9.17) is 14.2 Å². The minimum Gasteiger partial charge on any atom is -0.481 e. The van der Waals surface area contributed by atoms with E-state index in [1.807, 2.05) is 36.4 Å². The zero-order valence-electron chi connectivity index (χ0n) is 19.6. The lowest BCUT2D eigenvalue weighted by molar-refractivity contribution is -0.154. The Kier molecular flexibility index (Phi) is 7.67. The predicted molar refractivity (Wildman–Crippen MR) is 127 cm³/mol. The Morgan fingerprint density at radius 2 is 1.66 bits per heavy atom. The lowest BCUT2D eigenvalue weighted by atomic mass is 9.80. The Balaban J connectivity index is 1.36. The maximum atomic E-state index is 12.8. The SMILES string of the molecule is COCC(NC(=O)OCC1c2ccccc2-c2ccccc21)C(=O)NCC1(C(=O)O)CCOCC1. The van der Waals surface area contributed by atoms with Crippen LogP contribution in [-0.4, -0.2) is 69.2 Å². The van der Waals surface area contributed by atoms with Crippen LogP contribution < -0.4 is 10.6 Å². The lowest BCUT2D eigenvalue weighted by Crippen LogP contribution is -2.53. The van der Waals surface area contributed by atoms with Crippen molar-refractivity contribution in [2.45, 2.75) is 24.8 Å². The van der Waals surface area contributed by atoms with Crippen LogP contribution in [0.5, 0.6) is 0 Å². The summed E-state index contributed by atoms with van der Waals surface area (Å²) in [7, 11) is 1.41. The maximum absolute atomic E-state index is 12.8. The van der Waals surface area contributed by atoms with Crippen molar-refractivity contribution in [3.8, 4) is 11.1 Å². The quantitative estimate of drug-likeness (QED) is 0.502.